The fourth-order valence-electron chi connectivity index (χ4n) is 1.75. The number of nitrogens with zero attached hydrogens (tertiary/aromatic N) is 1. The molecule has 0 saturated heterocycles. The van der Waals surface area contributed by atoms with E-state index in [2.05, 4.69) is 15.8 Å². The summed E-state index contributed by atoms with van der Waals surface area (Å²) in [6, 6.07) is 9.89. The quantitative estimate of drug-likeness (QED) is 0.627. The molecule has 0 atom stereocenters. The van der Waals surface area contributed by atoms with E-state index in [4.69, 9.17) is 0 Å². The minimum atomic E-state index is -0.395. The van der Waals surface area contributed by atoms with Crippen molar-refractivity contribution in [3.05, 3.63) is 60.2 Å². The normalized spacial score (nSPS) is 10.1. The van der Waals surface area contributed by atoms with Crippen LogP contribution in [0.5, 0.6) is 0 Å². The Hall–Kier alpha value is -2.41. The number of benzene rings is 1. The van der Waals surface area contributed by atoms with E-state index in [1.165, 1.54) is 6.07 Å². The summed E-state index contributed by atoms with van der Waals surface area (Å²) in [5.41, 5.74) is 5.60. The number of hydrogen-bond donors (Lipinski definition) is 2. The molecule has 0 aliphatic rings. The Bertz CT molecular complexity index is 667. The van der Waals surface area contributed by atoms with Gasteiger partial charge in [-0.15, -0.1) is 11.8 Å². The van der Waals surface area contributed by atoms with Crippen molar-refractivity contribution in [1.29, 1.82) is 0 Å². The highest BCUT2D eigenvalue weighted by atomic mass is 32.2. The van der Waals surface area contributed by atoms with Gasteiger partial charge < -0.3 is 0 Å². The van der Waals surface area contributed by atoms with E-state index in [1.54, 1.807) is 36.7 Å². The number of rotatable bonds is 6. The van der Waals surface area contributed by atoms with Gasteiger partial charge in [0.2, 0.25) is 11.8 Å². The maximum Gasteiger partial charge on any atom is 0.248 e. The van der Waals surface area contributed by atoms with Gasteiger partial charge >= 0.3 is 0 Å². The van der Waals surface area contributed by atoms with Gasteiger partial charge in [0.15, 0.2) is 0 Å². The molecule has 1 heterocycles. The molecule has 2 amide bonds. The summed E-state index contributed by atoms with van der Waals surface area (Å²) in [5, 5.41) is 0. The number of halogens is 1. The summed E-state index contributed by atoms with van der Waals surface area (Å²) in [6.07, 6.45) is 4.14. The molecule has 0 unspecified atom stereocenters. The van der Waals surface area contributed by atoms with Crippen LogP contribution in [0, 0.1) is 5.82 Å². The van der Waals surface area contributed by atoms with Crippen LogP contribution in [0.2, 0.25) is 0 Å². The van der Waals surface area contributed by atoms with Crippen LogP contribution in [0.1, 0.15) is 12.0 Å². The van der Waals surface area contributed by atoms with Crippen molar-refractivity contribution in [3.63, 3.8) is 0 Å². The van der Waals surface area contributed by atoms with Crippen LogP contribution in [0.15, 0.2) is 53.7 Å². The SMILES string of the molecule is O=C(CCc1cccnc1)NNC(=O)CSc1ccccc1F. The molecule has 0 bridgehead atoms. The number of hydrazine groups is 1. The lowest BCUT2D eigenvalue weighted by atomic mass is 10.1. The zero-order chi connectivity index (χ0) is 16.5. The third kappa shape index (κ3) is 6.07. The number of carbonyl (C=O) groups is 2. The number of hydrogen-bond acceptors (Lipinski definition) is 4. The van der Waals surface area contributed by atoms with Gasteiger partial charge in [-0.2, -0.15) is 0 Å². The number of aromatic nitrogens is 1. The van der Waals surface area contributed by atoms with Crippen LogP contribution in [-0.4, -0.2) is 22.6 Å². The van der Waals surface area contributed by atoms with Crippen molar-refractivity contribution in [1.82, 2.24) is 15.8 Å². The number of aryl methyl sites for hydroxylation is 1. The number of nitrogens with one attached hydrogen (secondary N) is 2. The second kappa shape index (κ2) is 8.89. The third-order valence-electron chi connectivity index (χ3n) is 2.90. The third-order valence-corrected chi connectivity index (χ3v) is 3.95. The molecule has 1 aromatic heterocycles. The van der Waals surface area contributed by atoms with E-state index in [1.807, 2.05) is 6.07 Å². The van der Waals surface area contributed by atoms with Gasteiger partial charge in [0.1, 0.15) is 5.82 Å². The Morgan fingerprint density at radius 2 is 1.87 bits per heavy atom. The fraction of sp³-hybridized carbons (Fsp3) is 0.188. The van der Waals surface area contributed by atoms with Crippen LogP contribution >= 0.6 is 11.8 Å². The smallest absolute Gasteiger partial charge is 0.248 e. The molecule has 0 fully saturated rings. The number of thioether (sulfide) groups is 1. The highest BCUT2D eigenvalue weighted by Crippen LogP contribution is 2.20. The standard InChI is InChI=1S/C16H16FN3O2S/c17-13-5-1-2-6-14(13)23-11-16(22)20-19-15(21)8-7-12-4-3-9-18-10-12/h1-6,9-10H,7-8,11H2,(H,19,21)(H,20,22). The van der Waals surface area contributed by atoms with E-state index in [-0.39, 0.29) is 23.9 Å². The average molecular weight is 333 g/mol. The molecule has 7 heteroatoms. The predicted molar refractivity (Wildman–Crippen MR) is 86.0 cm³/mol. The van der Waals surface area contributed by atoms with Gasteiger partial charge in [-0.05, 0) is 30.2 Å². The largest absolute Gasteiger partial charge is 0.273 e. The Labute approximate surface area is 137 Å². The lowest BCUT2D eigenvalue weighted by molar-refractivity contribution is -0.127. The first kappa shape index (κ1) is 17.0. The van der Waals surface area contributed by atoms with Gasteiger partial charge in [0, 0.05) is 23.7 Å². The second-order valence-corrected chi connectivity index (χ2v) is 5.69. The monoisotopic (exact) mass is 333 g/mol. The van der Waals surface area contributed by atoms with Crippen molar-refractivity contribution in [2.45, 2.75) is 17.7 Å². The molecule has 2 N–H and O–H groups in total. The van der Waals surface area contributed by atoms with E-state index in [9.17, 15) is 14.0 Å². The van der Waals surface area contributed by atoms with E-state index < -0.39 is 5.91 Å². The maximum absolute atomic E-state index is 13.4. The number of carbonyl (C=O) groups excluding carboxylic acids is 2. The van der Waals surface area contributed by atoms with Crippen molar-refractivity contribution < 1.29 is 14.0 Å². The van der Waals surface area contributed by atoms with Crippen LogP contribution in [0.25, 0.3) is 0 Å². The zero-order valence-corrected chi connectivity index (χ0v) is 13.1. The first-order valence-electron chi connectivity index (χ1n) is 6.99. The Morgan fingerprint density at radius 3 is 2.61 bits per heavy atom. The summed E-state index contributed by atoms with van der Waals surface area (Å²) in [5.74, 6) is -1.04. The maximum atomic E-state index is 13.4. The van der Waals surface area contributed by atoms with E-state index in [0.717, 1.165) is 17.3 Å². The minimum absolute atomic E-state index is 0.0177. The highest BCUT2D eigenvalue weighted by Gasteiger charge is 2.08. The summed E-state index contributed by atoms with van der Waals surface area (Å²) in [4.78, 5) is 27.6. The van der Waals surface area contributed by atoms with Crippen molar-refractivity contribution in [2.24, 2.45) is 0 Å². The molecule has 0 spiro atoms. The van der Waals surface area contributed by atoms with Crippen molar-refractivity contribution in [2.75, 3.05) is 5.75 Å². The summed E-state index contributed by atoms with van der Waals surface area (Å²) in [7, 11) is 0. The topological polar surface area (TPSA) is 71.1 Å². The molecule has 23 heavy (non-hydrogen) atoms. The van der Waals surface area contributed by atoms with Gasteiger partial charge in [-0.1, -0.05) is 18.2 Å². The summed E-state index contributed by atoms with van der Waals surface area (Å²) >= 11 is 1.07. The molecule has 5 nitrogen and oxygen atoms in total. The lowest BCUT2D eigenvalue weighted by Gasteiger charge is -2.07. The molecule has 0 aliphatic heterocycles. The van der Waals surface area contributed by atoms with Crippen LogP contribution < -0.4 is 10.9 Å². The van der Waals surface area contributed by atoms with Gasteiger partial charge in [-0.3, -0.25) is 25.4 Å². The molecule has 0 saturated carbocycles. The molecular weight excluding hydrogens is 317 g/mol. The molecule has 1 aromatic carbocycles. The van der Waals surface area contributed by atoms with Crippen LogP contribution in [0.3, 0.4) is 0 Å². The zero-order valence-electron chi connectivity index (χ0n) is 12.3. The van der Waals surface area contributed by atoms with Crippen molar-refractivity contribution in [3.8, 4) is 0 Å². The van der Waals surface area contributed by atoms with Crippen LogP contribution in [-0.2, 0) is 16.0 Å². The molecule has 2 rings (SSSR count). The Kier molecular flexibility index (Phi) is 6.56. The van der Waals surface area contributed by atoms with E-state index in [0.29, 0.717) is 11.3 Å². The Balaban J connectivity index is 1.66. The molecule has 120 valence electrons. The van der Waals surface area contributed by atoms with Crippen LogP contribution in [0.4, 0.5) is 4.39 Å². The average Bonchev–Trinajstić information content (AvgIpc) is 2.58. The van der Waals surface area contributed by atoms with Gasteiger partial charge in [-0.25, -0.2) is 4.39 Å². The predicted octanol–water partition coefficient (Wildman–Crippen LogP) is 2.09. The second-order valence-electron chi connectivity index (χ2n) is 4.68. The summed E-state index contributed by atoms with van der Waals surface area (Å²) in [6.45, 7) is 0. The first-order chi connectivity index (χ1) is 11.1. The molecular formula is C16H16FN3O2S. The van der Waals surface area contributed by atoms with Crippen molar-refractivity contribution >= 4 is 23.6 Å². The molecule has 0 aliphatic carbocycles. The molecule has 2 aromatic rings. The first-order valence-corrected chi connectivity index (χ1v) is 7.97. The number of pyridine rings is 1. The molecule has 0 radical (unpaired) electrons. The van der Waals surface area contributed by atoms with Gasteiger partial charge in [0.05, 0.1) is 5.75 Å². The summed E-state index contributed by atoms with van der Waals surface area (Å²) < 4.78 is 13.4. The number of amides is 2. The van der Waals surface area contributed by atoms with E-state index >= 15 is 0 Å². The van der Waals surface area contributed by atoms with Gasteiger partial charge in [0.25, 0.3) is 0 Å². The lowest BCUT2D eigenvalue weighted by Crippen LogP contribution is -2.42. The Morgan fingerprint density at radius 1 is 1.09 bits per heavy atom. The minimum Gasteiger partial charge on any atom is -0.273 e. The fourth-order valence-corrected chi connectivity index (χ4v) is 2.49. The highest BCUT2D eigenvalue weighted by molar-refractivity contribution is 8.00.